The Morgan fingerprint density at radius 3 is 2.31 bits per heavy atom. The zero-order valence-electron chi connectivity index (χ0n) is 18.2. The molecule has 2 aliphatic heterocycles. The van der Waals surface area contributed by atoms with Gasteiger partial charge in [-0.15, -0.1) is 0 Å². The van der Waals surface area contributed by atoms with Gasteiger partial charge < -0.3 is 9.64 Å². The molecular formula is C24H30FN3O4. The van der Waals surface area contributed by atoms with E-state index in [0.29, 0.717) is 6.61 Å². The maximum atomic E-state index is 12.6. The van der Waals surface area contributed by atoms with E-state index in [4.69, 9.17) is 9.57 Å². The van der Waals surface area contributed by atoms with Gasteiger partial charge in [-0.25, -0.2) is 4.39 Å². The Kier molecular flexibility index (Phi) is 6.15. The molecule has 3 fully saturated rings. The lowest BCUT2D eigenvalue weighted by atomic mass is 9.85. The molecule has 2 saturated heterocycles. The maximum absolute atomic E-state index is 12.6. The topological polar surface area (TPSA) is 62.3 Å². The third kappa shape index (κ3) is 3.90. The molecule has 0 N–H and O–H groups in total. The summed E-state index contributed by atoms with van der Waals surface area (Å²) in [6, 6.07) is 7.76. The first-order valence-corrected chi connectivity index (χ1v) is 11.6. The summed E-state index contributed by atoms with van der Waals surface area (Å²) < 4.78 is 18.0. The highest BCUT2D eigenvalue weighted by atomic mass is 18.2. The number of alkyl halides is 1. The molecule has 0 spiro atoms. The molecule has 1 saturated carbocycles. The first-order valence-electron chi connectivity index (χ1n) is 11.6. The Balaban J connectivity index is 1.05. The van der Waals surface area contributed by atoms with E-state index in [1.54, 1.807) is 0 Å². The van der Waals surface area contributed by atoms with Crippen molar-refractivity contribution in [1.29, 1.82) is 0 Å². The van der Waals surface area contributed by atoms with Crippen LogP contribution in [0.1, 0.15) is 12.8 Å². The minimum Gasteiger partial charge on any atom is -0.489 e. The van der Waals surface area contributed by atoms with Crippen LogP contribution in [0.5, 0.6) is 5.75 Å². The number of anilines is 1. The number of hydrogen-bond donors (Lipinski definition) is 0. The zero-order valence-corrected chi connectivity index (χ0v) is 18.2. The van der Waals surface area contributed by atoms with Gasteiger partial charge in [-0.05, 0) is 36.8 Å². The van der Waals surface area contributed by atoms with Crippen LogP contribution < -0.4 is 9.64 Å². The van der Waals surface area contributed by atoms with Crippen molar-refractivity contribution in [3.8, 4) is 5.75 Å². The lowest BCUT2D eigenvalue weighted by molar-refractivity contribution is -0.190. The first kappa shape index (κ1) is 21.4. The number of piperazine rings is 1. The highest BCUT2D eigenvalue weighted by Crippen LogP contribution is 2.52. The molecule has 7 nitrogen and oxygen atoms in total. The lowest BCUT2D eigenvalue weighted by Crippen LogP contribution is -2.47. The average Bonchev–Trinajstić information content (AvgIpc) is 3.50. The van der Waals surface area contributed by atoms with Crippen molar-refractivity contribution in [2.45, 2.75) is 12.8 Å². The smallest absolute Gasteiger partial charge is 0.258 e. The standard InChI is InChI=1S/C24H30FN3O4/c25-8-15-31-20-5-2-1-4-19(20)27-12-10-26(11-13-27)9-3-14-32-28-23(29)21-17-6-7-18(16-17)22(21)24(28)30/h1-2,4-7,17-18,21-22H,3,8-16H2/t17-,18+,21?,22?/i25-1. The summed E-state index contributed by atoms with van der Waals surface area (Å²) in [6.45, 7) is 4.30. The summed E-state index contributed by atoms with van der Waals surface area (Å²) in [5.41, 5.74) is 1.00. The van der Waals surface area contributed by atoms with Crippen LogP contribution in [0.2, 0.25) is 0 Å². The van der Waals surface area contributed by atoms with Gasteiger partial charge in [-0.3, -0.25) is 19.3 Å². The summed E-state index contributed by atoms with van der Waals surface area (Å²) in [5, 5.41) is 1.05. The van der Waals surface area contributed by atoms with Crippen LogP contribution in [0.4, 0.5) is 10.1 Å². The first-order chi connectivity index (χ1) is 15.7. The molecule has 1 aromatic carbocycles. The van der Waals surface area contributed by atoms with Crippen molar-refractivity contribution < 1.29 is 23.6 Å². The predicted octanol–water partition coefficient (Wildman–Crippen LogP) is 2.29. The van der Waals surface area contributed by atoms with Crippen LogP contribution in [0.15, 0.2) is 36.4 Å². The summed E-state index contributed by atoms with van der Waals surface area (Å²) >= 11 is 0. The molecule has 2 aliphatic carbocycles. The minimum absolute atomic E-state index is 0.0678. The van der Waals surface area contributed by atoms with Gasteiger partial charge >= 0.3 is 0 Å². The van der Waals surface area contributed by atoms with E-state index in [1.807, 2.05) is 24.3 Å². The van der Waals surface area contributed by atoms with Crippen molar-refractivity contribution in [1.82, 2.24) is 9.96 Å². The van der Waals surface area contributed by atoms with Crippen LogP contribution in [0.25, 0.3) is 0 Å². The monoisotopic (exact) mass is 442 g/mol. The molecule has 0 aromatic heterocycles. The Hall–Kier alpha value is -2.45. The second-order valence-corrected chi connectivity index (χ2v) is 8.99. The van der Waals surface area contributed by atoms with E-state index in [9.17, 15) is 14.0 Å². The number of carbonyl (C=O) groups excluding carboxylic acids is 2. The fourth-order valence-corrected chi connectivity index (χ4v) is 5.65. The molecule has 1 aromatic rings. The number of hydrogen-bond acceptors (Lipinski definition) is 6. The van der Waals surface area contributed by atoms with Gasteiger partial charge in [0.1, 0.15) is 19.0 Å². The number of benzene rings is 1. The van der Waals surface area contributed by atoms with E-state index in [-0.39, 0.29) is 42.1 Å². The molecule has 0 radical (unpaired) electrons. The molecule has 2 unspecified atom stereocenters. The SMILES string of the molecule is O=C1C2C(C(=O)N1OCCCN1CCN(c3ccccc3OCC[18F])CC1)[C@H]1C=C[C@@H]2C1. The quantitative estimate of drug-likeness (QED) is 0.332. The van der Waals surface area contributed by atoms with Gasteiger partial charge in [-0.1, -0.05) is 24.3 Å². The van der Waals surface area contributed by atoms with Crippen molar-refractivity contribution in [3.63, 3.8) is 0 Å². The summed E-state index contributed by atoms with van der Waals surface area (Å²) in [5.74, 6) is 0.418. The number of halogens is 1. The molecule has 4 aliphatic rings. The number of hydroxylamine groups is 2. The molecule has 2 amide bonds. The van der Waals surface area contributed by atoms with E-state index >= 15 is 0 Å². The predicted molar refractivity (Wildman–Crippen MR) is 117 cm³/mol. The van der Waals surface area contributed by atoms with E-state index in [1.165, 1.54) is 0 Å². The Labute approximate surface area is 187 Å². The number of carbonyl (C=O) groups is 2. The van der Waals surface area contributed by atoms with Gasteiger partial charge in [0, 0.05) is 32.7 Å². The summed E-state index contributed by atoms with van der Waals surface area (Å²) in [7, 11) is 0. The van der Waals surface area contributed by atoms with Crippen LogP contribution in [0, 0.1) is 23.7 Å². The maximum Gasteiger partial charge on any atom is 0.258 e. The number of rotatable bonds is 9. The number of nitrogens with zero attached hydrogens (tertiary/aromatic N) is 3. The molecule has 4 atom stereocenters. The number of para-hydroxylation sites is 2. The molecule has 32 heavy (non-hydrogen) atoms. The average molecular weight is 443 g/mol. The number of allylic oxidation sites excluding steroid dienone is 2. The van der Waals surface area contributed by atoms with Crippen LogP contribution in [0.3, 0.4) is 0 Å². The van der Waals surface area contributed by atoms with Gasteiger partial charge in [0.05, 0.1) is 24.1 Å². The highest BCUT2D eigenvalue weighted by Gasteiger charge is 2.60. The zero-order chi connectivity index (χ0) is 22.1. The molecule has 172 valence electrons. The lowest BCUT2D eigenvalue weighted by Gasteiger charge is -2.36. The van der Waals surface area contributed by atoms with Crippen molar-refractivity contribution >= 4 is 17.5 Å². The Morgan fingerprint density at radius 2 is 1.62 bits per heavy atom. The van der Waals surface area contributed by atoms with E-state index < -0.39 is 6.67 Å². The Morgan fingerprint density at radius 1 is 0.938 bits per heavy atom. The number of ether oxygens (including phenoxy) is 1. The molecule has 8 heteroatoms. The largest absolute Gasteiger partial charge is 0.489 e. The fraction of sp³-hybridized carbons (Fsp3) is 0.583. The van der Waals surface area contributed by atoms with Crippen molar-refractivity contribution in [2.24, 2.45) is 23.7 Å². The van der Waals surface area contributed by atoms with E-state index in [0.717, 1.165) is 62.1 Å². The number of amides is 2. The van der Waals surface area contributed by atoms with Crippen molar-refractivity contribution in [3.05, 3.63) is 36.4 Å². The molecule has 5 rings (SSSR count). The third-order valence-corrected chi connectivity index (χ3v) is 7.18. The molecule has 2 heterocycles. The van der Waals surface area contributed by atoms with Crippen LogP contribution in [-0.4, -0.2) is 74.4 Å². The minimum atomic E-state index is -0.502. The fourth-order valence-electron chi connectivity index (χ4n) is 5.65. The summed E-state index contributed by atoms with van der Waals surface area (Å²) in [6.07, 6.45) is 5.87. The molecule has 2 bridgehead atoms. The Bertz CT molecular complexity index is 856. The van der Waals surface area contributed by atoms with Gasteiger partial charge in [-0.2, -0.15) is 5.06 Å². The van der Waals surface area contributed by atoms with Crippen LogP contribution in [-0.2, 0) is 14.4 Å². The second kappa shape index (κ2) is 9.19. The third-order valence-electron chi connectivity index (χ3n) is 7.18. The van der Waals surface area contributed by atoms with Crippen molar-refractivity contribution in [2.75, 3.05) is 57.5 Å². The van der Waals surface area contributed by atoms with Crippen LogP contribution >= 0.6 is 0 Å². The summed E-state index contributed by atoms with van der Waals surface area (Å²) in [4.78, 5) is 35.6. The normalized spacial score (nSPS) is 29.3. The van der Waals surface area contributed by atoms with Gasteiger partial charge in [0.2, 0.25) is 0 Å². The number of imide groups is 1. The second-order valence-electron chi connectivity index (χ2n) is 8.99. The van der Waals surface area contributed by atoms with Gasteiger partial charge in [0.25, 0.3) is 11.8 Å². The molecular weight excluding hydrogens is 412 g/mol. The van der Waals surface area contributed by atoms with E-state index in [2.05, 4.69) is 22.0 Å². The van der Waals surface area contributed by atoms with Gasteiger partial charge in [0.15, 0.2) is 0 Å². The number of fused-ring (bicyclic) bond motifs is 5. The highest BCUT2D eigenvalue weighted by molar-refractivity contribution is 6.05.